The lowest BCUT2D eigenvalue weighted by Gasteiger charge is -2.30. The SMILES string of the molecule is CN(C[C@@H]1C[C@H](F)CN1c1ccnc(N(C)C)n1)C(=O)C[C@@H]1COC(=O)C1. The van der Waals surface area contributed by atoms with Crippen LogP contribution < -0.4 is 9.80 Å². The van der Waals surface area contributed by atoms with Crippen molar-refractivity contribution in [2.24, 2.45) is 5.92 Å². The molecule has 1 aromatic rings. The van der Waals surface area contributed by atoms with Crippen molar-refractivity contribution in [2.45, 2.75) is 31.5 Å². The van der Waals surface area contributed by atoms with Crippen molar-refractivity contribution in [1.29, 1.82) is 0 Å². The summed E-state index contributed by atoms with van der Waals surface area (Å²) in [5.41, 5.74) is 0. The molecule has 0 unspecified atom stereocenters. The van der Waals surface area contributed by atoms with Gasteiger partial charge in [-0.15, -0.1) is 0 Å². The summed E-state index contributed by atoms with van der Waals surface area (Å²) in [7, 11) is 5.42. The molecular formula is C18H26FN5O3. The highest BCUT2D eigenvalue weighted by molar-refractivity contribution is 5.78. The van der Waals surface area contributed by atoms with Gasteiger partial charge in [-0.3, -0.25) is 9.59 Å². The third kappa shape index (κ3) is 4.64. The number of ether oxygens (including phenoxy) is 1. The van der Waals surface area contributed by atoms with Crippen LogP contribution in [0.5, 0.6) is 0 Å². The van der Waals surface area contributed by atoms with Crippen LogP contribution in [0.4, 0.5) is 16.2 Å². The van der Waals surface area contributed by atoms with Crippen molar-refractivity contribution < 1.29 is 18.7 Å². The molecule has 3 heterocycles. The van der Waals surface area contributed by atoms with E-state index in [0.717, 1.165) is 0 Å². The number of amides is 1. The van der Waals surface area contributed by atoms with E-state index in [1.54, 1.807) is 29.1 Å². The van der Waals surface area contributed by atoms with Crippen LogP contribution in [0, 0.1) is 5.92 Å². The maximum atomic E-state index is 14.1. The average molecular weight is 379 g/mol. The second-order valence-electron chi connectivity index (χ2n) is 7.48. The normalized spacial score (nSPS) is 24.8. The summed E-state index contributed by atoms with van der Waals surface area (Å²) in [6, 6.07) is 1.61. The molecule has 2 saturated heterocycles. The molecule has 27 heavy (non-hydrogen) atoms. The number of aromatic nitrogens is 2. The Kier molecular flexibility index (Phi) is 5.76. The minimum Gasteiger partial charge on any atom is -0.465 e. The van der Waals surface area contributed by atoms with Gasteiger partial charge in [-0.1, -0.05) is 0 Å². The molecule has 1 amide bonds. The van der Waals surface area contributed by atoms with E-state index in [0.29, 0.717) is 31.3 Å². The van der Waals surface area contributed by atoms with Gasteiger partial charge in [-0.25, -0.2) is 9.37 Å². The summed E-state index contributed by atoms with van der Waals surface area (Å²) in [6.45, 7) is 0.957. The number of anilines is 2. The largest absolute Gasteiger partial charge is 0.465 e. The van der Waals surface area contributed by atoms with Crippen molar-refractivity contribution in [2.75, 3.05) is 50.6 Å². The van der Waals surface area contributed by atoms with Gasteiger partial charge in [0.2, 0.25) is 11.9 Å². The Hall–Kier alpha value is -2.45. The zero-order valence-corrected chi connectivity index (χ0v) is 16.0. The molecule has 3 rings (SSSR count). The first-order chi connectivity index (χ1) is 12.8. The fourth-order valence-electron chi connectivity index (χ4n) is 3.54. The molecule has 0 aliphatic carbocycles. The highest BCUT2D eigenvalue weighted by Crippen LogP contribution is 2.27. The van der Waals surface area contributed by atoms with Crippen LogP contribution in [0.3, 0.4) is 0 Å². The average Bonchev–Trinajstić information content (AvgIpc) is 3.20. The number of carbonyl (C=O) groups excluding carboxylic acids is 2. The van der Waals surface area contributed by atoms with E-state index in [9.17, 15) is 14.0 Å². The number of halogens is 1. The fraction of sp³-hybridized carbons (Fsp3) is 0.667. The summed E-state index contributed by atoms with van der Waals surface area (Å²) in [5.74, 6) is 0.847. The quantitative estimate of drug-likeness (QED) is 0.679. The van der Waals surface area contributed by atoms with Gasteiger partial charge in [0.05, 0.1) is 25.6 Å². The number of likely N-dealkylation sites (N-methyl/N-ethyl adjacent to an activating group) is 1. The smallest absolute Gasteiger partial charge is 0.306 e. The molecule has 0 bridgehead atoms. The van der Waals surface area contributed by atoms with Gasteiger partial charge < -0.3 is 19.4 Å². The predicted octanol–water partition coefficient (Wildman–Crippen LogP) is 0.871. The van der Waals surface area contributed by atoms with Crippen LogP contribution in [-0.2, 0) is 14.3 Å². The van der Waals surface area contributed by atoms with Crippen molar-refractivity contribution in [1.82, 2.24) is 14.9 Å². The minimum absolute atomic E-state index is 0.0581. The molecule has 3 atom stereocenters. The Balaban J connectivity index is 1.64. The van der Waals surface area contributed by atoms with Gasteiger partial charge in [0, 0.05) is 52.6 Å². The van der Waals surface area contributed by atoms with Crippen molar-refractivity contribution in [3.8, 4) is 0 Å². The molecule has 0 aromatic carbocycles. The standard InChI is InChI=1S/C18H26FN5O3/c1-22(2)18-20-5-4-15(21-18)24-9-13(19)8-14(24)10-23(3)16(25)6-12-7-17(26)27-11-12/h4-5,12-14H,6-11H2,1-3H3/t12-,13-,14-/m0/s1. The van der Waals surface area contributed by atoms with E-state index in [2.05, 4.69) is 9.97 Å². The highest BCUT2D eigenvalue weighted by Gasteiger charge is 2.35. The van der Waals surface area contributed by atoms with Gasteiger partial charge in [0.25, 0.3) is 0 Å². The number of esters is 1. The summed E-state index contributed by atoms with van der Waals surface area (Å²) >= 11 is 0. The Morgan fingerprint density at radius 1 is 1.41 bits per heavy atom. The van der Waals surface area contributed by atoms with Gasteiger partial charge in [-0.05, 0) is 6.07 Å². The molecular weight excluding hydrogens is 353 g/mol. The molecule has 1 aromatic heterocycles. The fourth-order valence-corrected chi connectivity index (χ4v) is 3.54. The predicted molar refractivity (Wildman–Crippen MR) is 98.3 cm³/mol. The van der Waals surface area contributed by atoms with E-state index < -0.39 is 6.17 Å². The summed E-state index contributed by atoms with van der Waals surface area (Å²) in [4.78, 5) is 37.7. The first-order valence-electron chi connectivity index (χ1n) is 9.14. The first-order valence-corrected chi connectivity index (χ1v) is 9.14. The van der Waals surface area contributed by atoms with Gasteiger partial charge in [0.1, 0.15) is 12.0 Å². The number of hydrogen-bond acceptors (Lipinski definition) is 7. The Morgan fingerprint density at radius 2 is 2.19 bits per heavy atom. The van der Waals surface area contributed by atoms with Gasteiger partial charge >= 0.3 is 5.97 Å². The van der Waals surface area contributed by atoms with Crippen molar-refractivity contribution in [3.05, 3.63) is 12.3 Å². The molecule has 2 fully saturated rings. The van der Waals surface area contributed by atoms with Crippen LogP contribution in [0.15, 0.2) is 12.3 Å². The lowest BCUT2D eigenvalue weighted by atomic mass is 10.0. The molecule has 8 nitrogen and oxygen atoms in total. The number of nitrogens with zero attached hydrogens (tertiary/aromatic N) is 5. The highest BCUT2D eigenvalue weighted by atomic mass is 19.1. The maximum Gasteiger partial charge on any atom is 0.306 e. The number of hydrogen-bond donors (Lipinski definition) is 0. The minimum atomic E-state index is -0.961. The molecule has 148 valence electrons. The third-order valence-corrected chi connectivity index (χ3v) is 4.99. The second kappa shape index (κ2) is 8.06. The summed E-state index contributed by atoms with van der Waals surface area (Å²) < 4.78 is 19.1. The lowest BCUT2D eigenvalue weighted by Crippen LogP contribution is -2.42. The Labute approximate surface area is 158 Å². The zero-order valence-electron chi connectivity index (χ0n) is 16.0. The van der Waals surface area contributed by atoms with Crippen LogP contribution in [0.25, 0.3) is 0 Å². The molecule has 0 spiro atoms. The number of rotatable bonds is 6. The third-order valence-electron chi connectivity index (χ3n) is 4.99. The molecule has 0 saturated carbocycles. The van der Waals surface area contributed by atoms with Crippen LogP contribution >= 0.6 is 0 Å². The lowest BCUT2D eigenvalue weighted by molar-refractivity contribution is -0.138. The first kappa shape index (κ1) is 19.3. The molecule has 2 aliphatic rings. The van der Waals surface area contributed by atoms with E-state index in [-0.39, 0.29) is 43.2 Å². The molecule has 9 heteroatoms. The number of carbonyl (C=O) groups is 2. The van der Waals surface area contributed by atoms with Gasteiger partial charge in [0.15, 0.2) is 0 Å². The monoisotopic (exact) mass is 379 g/mol. The number of alkyl halides is 1. The van der Waals surface area contributed by atoms with E-state index in [1.165, 1.54) is 0 Å². The van der Waals surface area contributed by atoms with Crippen LogP contribution in [-0.4, -0.2) is 79.8 Å². The topological polar surface area (TPSA) is 78.9 Å². The molecule has 0 radical (unpaired) electrons. The molecule has 0 N–H and O–H groups in total. The van der Waals surface area contributed by atoms with E-state index in [1.807, 2.05) is 19.0 Å². The van der Waals surface area contributed by atoms with Crippen LogP contribution in [0.2, 0.25) is 0 Å². The molecule has 2 aliphatic heterocycles. The van der Waals surface area contributed by atoms with Crippen molar-refractivity contribution in [3.63, 3.8) is 0 Å². The van der Waals surface area contributed by atoms with E-state index >= 15 is 0 Å². The van der Waals surface area contributed by atoms with Crippen LogP contribution in [0.1, 0.15) is 19.3 Å². The summed E-state index contributed by atoms with van der Waals surface area (Å²) in [6.07, 6.45) is 1.61. The van der Waals surface area contributed by atoms with Crippen molar-refractivity contribution >= 4 is 23.6 Å². The summed E-state index contributed by atoms with van der Waals surface area (Å²) in [5, 5.41) is 0. The number of cyclic esters (lactones) is 1. The Morgan fingerprint density at radius 3 is 2.85 bits per heavy atom. The second-order valence-corrected chi connectivity index (χ2v) is 7.48. The van der Waals surface area contributed by atoms with E-state index in [4.69, 9.17) is 4.74 Å². The zero-order chi connectivity index (χ0) is 19.6. The maximum absolute atomic E-state index is 14.1. The van der Waals surface area contributed by atoms with Gasteiger partial charge in [-0.2, -0.15) is 4.98 Å². The Bertz CT molecular complexity index is 701.